The number of para-hydroxylation sites is 3. The summed E-state index contributed by atoms with van der Waals surface area (Å²) in [4.78, 5) is 2.40. The van der Waals surface area contributed by atoms with Crippen LogP contribution < -0.4 is 4.90 Å². The van der Waals surface area contributed by atoms with Gasteiger partial charge in [0, 0.05) is 49.4 Å². The Morgan fingerprint density at radius 1 is 0.270 bits per heavy atom. The SMILES string of the molecule is c1ccc2c(c1)oc1ccc(-c3ccc(N(c4ccc(-c5cc6c7ccccc7n7c8ccccc8c(c5)c67)cc4)c4ccc5c6ccccc6c6ccccc6c5c4)cc3)cc12. The lowest BCUT2D eigenvalue weighted by molar-refractivity contribution is 0.669. The number of rotatable bonds is 5. The van der Waals surface area contributed by atoms with Crippen LogP contribution in [0.4, 0.5) is 17.1 Å². The molecule has 11 aromatic carbocycles. The molecule has 0 unspecified atom stereocenters. The van der Waals surface area contributed by atoms with Crippen LogP contribution in [0.1, 0.15) is 0 Å². The highest BCUT2D eigenvalue weighted by Crippen LogP contribution is 2.44. The van der Waals surface area contributed by atoms with Crippen molar-refractivity contribution >= 4 is 109 Å². The third kappa shape index (κ3) is 5.02. The summed E-state index contributed by atoms with van der Waals surface area (Å²) in [6, 6.07) is 79.9. The Balaban J connectivity index is 0.929. The van der Waals surface area contributed by atoms with Crippen molar-refractivity contribution in [1.82, 2.24) is 4.40 Å². The molecule has 0 amide bonds. The predicted molar refractivity (Wildman–Crippen MR) is 266 cm³/mol. The smallest absolute Gasteiger partial charge is 0.135 e. The van der Waals surface area contributed by atoms with E-state index in [4.69, 9.17) is 4.42 Å². The summed E-state index contributed by atoms with van der Waals surface area (Å²) in [7, 11) is 0. The Bertz CT molecular complexity index is 4020. The van der Waals surface area contributed by atoms with E-state index in [2.05, 4.69) is 216 Å². The minimum Gasteiger partial charge on any atom is -0.456 e. The molecule has 0 saturated heterocycles. The third-order valence-corrected chi connectivity index (χ3v) is 13.5. The molecule has 3 heterocycles. The maximum atomic E-state index is 6.16. The van der Waals surface area contributed by atoms with E-state index in [0.29, 0.717) is 0 Å². The van der Waals surface area contributed by atoms with Crippen LogP contribution in [-0.2, 0) is 0 Å². The van der Waals surface area contributed by atoms with Gasteiger partial charge in [-0.1, -0.05) is 140 Å². The number of hydrogen-bond donors (Lipinski definition) is 0. The summed E-state index contributed by atoms with van der Waals surface area (Å²) in [6.45, 7) is 0. The molecule has 3 aromatic heterocycles. The summed E-state index contributed by atoms with van der Waals surface area (Å²) in [5.74, 6) is 0. The van der Waals surface area contributed by atoms with E-state index in [0.717, 1.165) is 50.1 Å². The maximum Gasteiger partial charge on any atom is 0.135 e. The van der Waals surface area contributed by atoms with Crippen molar-refractivity contribution in [2.24, 2.45) is 0 Å². The zero-order chi connectivity index (χ0) is 41.2. The zero-order valence-electron chi connectivity index (χ0n) is 34.1. The van der Waals surface area contributed by atoms with E-state index >= 15 is 0 Å². The lowest BCUT2D eigenvalue weighted by atomic mass is 9.94. The highest BCUT2D eigenvalue weighted by molar-refractivity contribution is 6.26. The molecule has 3 nitrogen and oxygen atoms in total. The van der Waals surface area contributed by atoms with Crippen molar-refractivity contribution in [3.8, 4) is 22.3 Å². The molecule has 63 heavy (non-hydrogen) atoms. The van der Waals surface area contributed by atoms with E-state index in [9.17, 15) is 0 Å². The molecular weight excluding hydrogens is 765 g/mol. The largest absolute Gasteiger partial charge is 0.456 e. The Morgan fingerprint density at radius 2 is 0.698 bits per heavy atom. The molecule has 0 bridgehead atoms. The summed E-state index contributed by atoms with van der Waals surface area (Å²) < 4.78 is 8.60. The van der Waals surface area contributed by atoms with Gasteiger partial charge in [0.25, 0.3) is 0 Å². The van der Waals surface area contributed by atoms with E-state index in [-0.39, 0.29) is 0 Å². The van der Waals surface area contributed by atoms with Crippen LogP contribution >= 0.6 is 0 Å². The first kappa shape index (κ1) is 34.3. The summed E-state index contributed by atoms with van der Waals surface area (Å²) >= 11 is 0. The first-order chi connectivity index (χ1) is 31.2. The van der Waals surface area contributed by atoms with Gasteiger partial charge >= 0.3 is 0 Å². The number of fused-ring (bicyclic) bond motifs is 15. The van der Waals surface area contributed by atoms with Crippen molar-refractivity contribution in [3.05, 3.63) is 218 Å². The maximum absolute atomic E-state index is 6.16. The van der Waals surface area contributed by atoms with Gasteiger partial charge < -0.3 is 13.7 Å². The Kier molecular flexibility index (Phi) is 7.11. The standard InChI is InChI=1S/C60H36N2O/c1-2-13-46-44(11-1)45-12-3-4-14-47(45)52-36-43(30-31-48(46)52)61(41-26-21-37(22-27-41)39-25-32-59-53(33-39)51-17-7-10-20-58(51)63-59)42-28-23-38(24-29-42)40-34-54-49-15-5-8-18-56(49)62-57-19-9-6-16-50(57)55(35-40)60(54)62/h1-36H. The second-order valence-corrected chi connectivity index (χ2v) is 16.8. The van der Waals surface area contributed by atoms with Crippen molar-refractivity contribution in [1.29, 1.82) is 0 Å². The quantitative estimate of drug-likeness (QED) is 0.162. The fraction of sp³-hybridized carbons (Fsp3) is 0. The number of nitrogens with zero attached hydrogens (tertiary/aromatic N) is 2. The molecule has 14 rings (SSSR count). The topological polar surface area (TPSA) is 20.8 Å². The minimum atomic E-state index is 0.906. The Hall–Kier alpha value is -8.40. The third-order valence-electron chi connectivity index (χ3n) is 13.5. The number of hydrogen-bond acceptors (Lipinski definition) is 2. The molecule has 0 spiro atoms. The number of benzene rings is 11. The normalized spacial score (nSPS) is 12.1. The van der Waals surface area contributed by atoms with Gasteiger partial charge in [-0.25, -0.2) is 0 Å². The van der Waals surface area contributed by atoms with Gasteiger partial charge in [-0.2, -0.15) is 0 Å². The molecular formula is C60H36N2O. The molecule has 0 radical (unpaired) electrons. The van der Waals surface area contributed by atoms with E-state index in [1.54, 1.807) is 0 Å². The lowest BCUT2D eigenvalue weighted by Gasteiger charge is -2.27. The van der Waals surface area contributed by atoms with E-state index in [1.165, 1.54) is 81.5 Å². The molecule has 3 heteroatoms. The molecule has 0 aliphatic carbocycles. The highest BCUT2D eigenvalue weighted by Gasteiger charge is 2.20. The fourth-order valence-corrected chi connectivity index (χ4v) is 10.6. The average Bonchev–Trinajstić information content (AvgIpc) is 4.01. The van der Waals surface area contributed by atoms with Crippen molar-refractivity contribution in [3.63, 3.8) is 0 Å². The van der Waals surface area contributed by atoms with Gasteiger partial charge in [0.1, 0.15) is 11.2 Å². The van der Waals surface area contributed by atoms with Crippen molar-refractivity contribution < 1.29 is 4.42 Å². The van der Waals surface area contributed by atoms with Gasteiger partial charge in [0.2, 0.25) is 0 Å². The molecule has 14 aromatic rings. The van der Waals surface area contributed by atoms with Gasteiger partial charge in [0.15, 0.2) is 0 Å². The Morgan fingerprint density at radius 3 is 1.30 bits per heavy atom. The highest BCUT2D eigenvalue weighted by atomic mass is 16.3. The molecule has 0 saturated carbocycles. The molecule has 0 N–H and O–H groups in total. The lowest BCUT2D eigenvalue weighted by Crippen LogP contribution is -2.10. The molecule has 0 atom stereocenters. The molecule has 0 aliphatic rings. The van der Waals surface area contributed by atoms with Crippen LogP contribution in [0, 0.1) is 0 Å². The average molecular weight is 801 g/mol. The van der Waals surface area contributed by atoms with Gasteiger partial charge in [-0.05, 0) is 133 Å². The van der Waals surface area contributed by atoms with Crippen LogP contribution in [0.5, 0.6) is 0 Å². The minimum absolute atomic E-state index is 0.906. The van der Waals surface area contributed by atoms with Gasteiger partial charge in [-0.3, -0.25) is 0 Å². The zero-order valence-corrected chi connectivity index (χ0v) is 34.1. The summed E-state index contributed by atoms with van der Waals surface area (Å²) in [5.41, 5.74) is 13.6. The van der Waals surface area contributed by atoms with Crippen LogP contribution in [0.15, 0.2) is 223 Å². The van der Waals surface area contributed by atoms with Crippen LogP contribution in [0.2, 0.25) is 0 Å². The molecule has 0 fully saturated rings. The summed E-state index contributed by atoms with van der Waals surface area (Å²) in [5, 5.41) is 15.0. The predicted octanol–water partition coefficient (Wildman–Crippen LogP) is 17.0. The van der Waals surface area contributed by atoms with Crippen LogP contribution in [0.3, 0.4) is 0 Å². The first-order valence-corrected chi connectivity index (χ1v) is 21.7. The van der Waals surface area contributed by atoms with E-state index in [1.807, 2.05) is 12.1 Å². The van der Waals surface area contributed by atoms with Gasteiger partial charge in [0.05, 0.1) is 16.6 Å². The number of furan rings is 1. The molecule has 292 valence electrons. The molecule has 0 aliphatic heterocycles. The number of anilines is 3. The van der Waals surface area contributed by atoms with Crippen LogP contribution in [-0.4, -0.2) is 4.40 Å². The first-order valence-electron chi connectivity index (χ1n) is 21.7. The van der Waals surface area contributed by atoms with E-state index < -0.39 is 0 Å². The summed E-state index contributed by atoms with van der Waals surface area (Å²) in [6.07, 6.45) is 0. The van der Waals surface area contributed by atoms with Crippen LogP contribution in [0.25, 0.3) is 115 Å². The second kappa shape index (κ2) is 13.1. The van der Waals surface area contributed by atoms with Crippen molar-refractivity contribution in [2.75, 3.05) is 4.90 Å². The monoisotopic (exact) mass is 800 g/mol. The van der Waals surface area contributed by atoms with Gasteiger partial charge in [-0.15, -0.1) is 0 Å². The Labute approximate surface area is 362 Å². The second-order valence-electron chi connectivity index (χ2n) is 16.8. The number of aromatic nitrogens is 1. The fourth-order valence-electron chi connectivity index (χ4n) is 10.6. The van der Waals surface area contributed by atoms with Crippen molar-refractivity contribution in [2.45, 2.75) is 0 Å².